The van der Waals surface area contributed by atoms with E-state index in [1.54, 1.807) is 44.2 Å². The van der Waals surface area contributed by atoms with E-state index in [0.717, 1.165) is 11.3 Å². The smallest absolute Gasteiger partial charge is 0.174 e. The second-order valence-corrected chi connectivity index (χ2v) is 10.3. The van der Waals surface area contributed by atoms with Crippen LogP contribution in [0.15, 0.2) is 41.2 Å². The van der Waals surface area contributed by atoms with Gasteiger partial charge in [0.05, 0.1) is 17.7 Å². The van der Waals surface area contributed by atoms with Crippen LogP contribution < -0.4 is 15.4 Å². The highest BCUT2D eigenvalue weighted by Gasteiger charge is 2.31. The number of aromatic nitrogens is 4. The number of imidazole rings is 1. The normalized spacial score (nSPS) is 13.4. The first-order valence-electron chi connectivity index (χ1n) is 12.6. The second-order valence-electron chi connectivity index (χ2n) is 9.51. The lowest BCUT2D eigenvalue weighted by atomic mass is 9.91. The van der Waals surface area contributed by atoms with Crippen molar-refractivity contribution in [1.82, 2.24) is 25.0 Å². The number of ether oxygens (including phenoxy) is 1. The van der Waals surface area contributed by atoms with Crippen molar-refractivity contribution in [3.63, 3.8) is 0 Å². The van der Waals surface area contributed by atoms with Crippen LogP contribution in [-0.4, -0.2) is 56.4 Å². The van der Waals surface area contributed by atoms with Gasteiger partial charge >= 0.3 is 0 Å². The quantitative estimate of drug-likeness (QED) is 0.146. The lowest BCUT2D eigenvalue weighted by molar-refractivity contribution is -0.123. The molecule has 0 aliphatic heterocycles. The number of fused-ring (bicyclic) bond motifs is 1. The number of aldehydes is 1. The molecule has 0 bridgehead atoms. The van der Waals surface area contributed by atoms with E-state index >= 15 is 0 Å². The Bertz CT molecular complexity index is 1410. The molecule has 0 saturated carbocycles. The van der Waals surface area contributed by atoms with Gasteiger partial charge in [0, 0.05) is 35.2 Å². The number of carbonyl (C=O) groups excluding carboxylic acids is 1. The van der Waals surface area contributed by atoms with Crippen molar-refractivity contribution in [2.45, 2.75) is 46.3 Å². The van der Waals surface area contributed by atoms with Crippen molar-refractivity contribution in [3.8, 4) is 5.75 Å². The van der Waals surface area contributed by atoms with Crippen LogP contribution in [0.3, 0.4) is 0 Å². The van der Waals surface area contributed by atoms with Crippen molar-refractivity contribution in [2.75, 3.05) is 19.4 Å². The van der Waals surface area contributed by atoms with E-state index in [9.17, 15) is 15.0 Å². The molecule has 3 aromatic heterocycles. The Morgan fingerprint density at radius 1 is 1.18 bits per heavy atom. The molecule has 1 unspecified atom stereocenters. The largest absolute Gasteiger partial charge is 0.485 e. The number of rotatable bonds is 11. The summed E-state index contributed by atoms with van der Waals surface area (Å²) in [6, 6.07) is 8.67. The highest BCUT2D eigenvalue weighted by atomic mass is 35.5. The molecule has 0 radical (unpaired) electrons. The van der Waals surface area contributed by atoms with E-state index in [4.69, 9.17) is 32.5 Å². The van der Waals surface area contributed by atoms with Gasteiger partial charge in [-0.25, -0.2) is 9.97 Å². The number of aliphatic hydroxyl groups excluding tert-OH is 2. The summed E-state index contributed by atoms with van der Waals surface area (Å²) in [6.45, 7) is 5.91. The molecule has 216 valence electrons. The fourth-order valence-corrected chi connectivity index (χ4v) is 4.33. The predicted octanol–water partition coefficient (Wildman–Crippen LogP) is 4.38. The Kier molecular flexibility index (Phi) is 11.3. The van der Waals surface area contributed by atoms with Gasteiger partial charge < -0.3 is 34.9 Å². The van der Waals surface area contributed by atoms with E-state index in [-0.39, 0.29) is 23.3 Å². The second kappa shape index (κ2) is 14.4. The molecule has 4 N–H and O–H groups in total. The fraction of sp³-hybridized carbons (Fsp3) is 0.407. The standard InChI is InChI=1S/C25H27Cl2N5O5.C2H7N/c1-13(2)18(10-33)23(34)25(35)32-12-29-22-19(8-21(27)30-24(22)32)28-9-15-7-16(26)4-5-20(15)36-11-17-6-14(3)31-37-17;1-3-2/h4-8,10,12-13,18,23,25,34-35H,9,11H2,1-3H3,(H,28,30);3H,1-2H3/t18?,23-,25-;/m1./s1. The van der Waals surface area contributed by atoms with Crippen LogP contribution in [0.1, 0.15) is 37.1 Å². The number of aliphatic hydroxyl groups is 2. The number of nitrogens with one attached hydrogen (secondary N) is 2. The maximum atomic E-state index is 11.5. The Morgan fingerprint density at radius 2 is 1.90 bits per heavy atom. The summed E-state index contributed by atoms with van der Waals surface area (Å²) >= 11 is 12.5. The number of carbonyl (C=O) groups is 1. The highest BCUT2D eigenvalue weighted by Crippen LogP contribution is 2.31. The number of aryl methyl sites for hydroxylation is 1. The molecule has 11 nitrogen and oxygen atoms in total. The Labute approximate surface area is 242 Å². The Hall–Kier alpha value is -3.22. The zero-order valence-electron chi connectivity index (χ0n) is 22.9. The van der Waals surface area contributed by atoms with Gasteiger partial charge in [0.1, 0.15) is 35.4 Å². The molecule has 4 rings (SSSR count). The first-order chi connectivity index (χ1) is 19.1. The van der Waals surface area contributed by atoms with E-state index in [1.165, 1.54) is 10.9 Å². The van der Waals surface area contributed by atoms with Crippen molar-refractivity contribution >= 4 is 46.3 Å². The lowest BCUT2D eigenvalue weighted by Crippen LogP contribution is -2.35. The topological polar surface area (TPSA) is 148 Å². The minimum atomic E-state index is -1.45. The van der Waals surface area contributed by atoms with Gasteiger partial charge in [0.2, 0.25) is 0 Å². The zero-order chi connectivity index (χ0) is 29.4. The SMILES string of the molecule is CNC.Cc1cc(COc2ccc(Cl)cc2CNc2cc(Cl)nc3c2ncn3[C@H](O)[C@H](O)C(C=O)C(C)C)on1. The first-order valence-corrected chi connectivity index (χ1v) is 13.3. The molecule has 0 saturated heterocycles. The highest BCUT2D eigenvalue weighted by molar-refractivity contribution is 6.30. The van der Waals surface area contributed by atoms with Gasteiger partial charge in [-0.2, -0.15) is 0 Å². The molecular formula is C27H34Cl2N6O5. The van der Waals surface area contributed by atoms with Crippen LogP contribution >= 0.6 is 23.2 Å². The Balaban J connectivity index is 0.00000141. The average molecular weight is 594 g/mol. The number of benzene rings is 1. The van der Waals surface area contributed by atoms with Crippen molar-refractivity contribution < 1.29 is 24.3 Å². The first kappa shape index (κ1) is 31.3. The van der Waals surface area contributed by atoms with E-state index < -0.39 is 18.2 Å². The molecule has 13 heteroatoms. The summed E-state index contributed by atoms with van der Waals surface area (Å²) in [6.07, 6.45) is -0.817. The van der Waals surface area contributed by atoms with Crippen LogP contribution in [0.2, 0.25) is 10.2 Å². The van der Waals surface area contributed by atoms with Gasteiger partial charge in [-0.05, 0) is 45.1 Å². The van der Waals surface area contributed by atoms with E-state index in [2.05, 4.69) is 25.8 Å². The van der Waals surface area contributed by atoms with Gasteiger partial charge in [-0.15, -0.1) is 0 Å². The summed E-state index contributed by atoms with van der Waals surface area (Å²) in [5, 5.41) is 32.0. The molecule has 4 aromatic rings. The predicted molar refractivity (Wildman–Crippen MR) is 154 cm³/mol. The van der Waals surface area contributed by atoms with E-state index in [0.29, 0.717) is 40.6 Å². The van der Waals surface area contributed by atoms with Gasteiger partial charge in [0.25, 0.3) is 0 Å². The van der Waals surface area contributed by atoms with Crippen molar-refractivity contribution in [3.05, 3.63) is 63.9 Å². The van der Waals surface area contributed by atoms with Crippen molar-refractivity contribution in [1.29, 1.82) is 0 Å². The molecule has 3 heterocycles. The summed E-state index contributed by atoms with van der Waals surface area (Å²) < 4.78 is 12.4. The molecule has 0 spiro atoms. The van der Waals surface area contributed by atoms with E-state index in [1.807, 2.05) is 21.0 Å². The zero-order valence-corrected chi connectivity index (χ0v) is 24.4. The summed E-state index contributed by atoms with van der Waals surface area (Å²) in [5.41, 5.74) is 2.74. The third-order valence-electron chi connectivity index (χ3n) is 5.95. The molecular weight excluding hydrogens is 559 g/mol. The third kappa shape index (κ3) is 7.70. The minimum absolute atomic E-state index is 0.150. The van der Waals surface area contributed by atoms with Gasteiger partial charge in [-0.3, -0.25) is 4.57 Å². The molecule has 0 aliphatic carbocycles. The van der Waals surface area contributed by atoms with Crippen LogP contribution in [0.5, 0.6) is 5.75 Å². The minimum Gasteiger partial charge on any atom is -0.485 e. The van der Waals surface area contributed by atoms with Crippen LogP contribution in [-0.2, 0) is 17.9 Å². The molecule has 0 amide bonds. The van der Waals surface area contributed by atoms with Crippen LogP contribution in [0, 0.1) is 18.8 Å². The number of hydrogen-bond donors (Lipinski definition) is 4. The average Bonchev–Trinajstić information content (AvgIpc) is 3.52. The fourth-order valence-electron chi connectivity index (χ4n) is 3.95. The number of hydrogen-bond acceptors (Lipinski definition) is 10. The lowest BCUT2D eigenvalue weighted by Gasteiger charge is -2.26. The molecule has 0 fully saturated rings. The number of anilines is 1. The number of nitrogens with zero attached hydrogens (tertiary/aromatic N) is 4. The summed E-state index contributed by atoms with van der Waals surface area (Å²) in [4.78, 5) is 20.1. The van der Waals surface area contributed by atoms with Crippen LogP contribution in [0.4, 0.5) is 5.69 Å². The summed E-state index contributed by atoms with van der Waals surface area (Å²) in [5.74, 6) is 0.244. The summed E-state index contributed by atoms with van der Waals surface area (Å²) in [7, 11) is 3.75. The van der Waals surface area contributed by atoms with Gasteiger partial charge in [-0.1, -0.05) is 42.2 Å². The maximum absolute atomic E-state index is 11.5. The number of halogens is 2. The maximum Gasteiger partial charge on any atom is 0.174 e. The molecule has 3 atom stereocenters. The number of pyridine rings is 1. The molecule has 40 heavy (non-hydrogen) atoms. The van der Waals surface area contributed by atoms with Crippen molar-refractivity contribution in [2.24, 2.45) is 11.8 Å². The molecule has 0 aliphatic rings. The third-order valence-corrected chi connectivity index (χ3v) is 6.38. The van der Waals surface area contributed by atoms with Gasteiger partial charge in [0.15, 0.2) is 17.6 Å². The Morgan fingerprint density at radius 3 is 2.52 bits per heavy atom. The molecule has 1 aromatic carbocycles. The monoisotopic (exact) mass is 592 g/mol. The van der Waals surface area contributed by atoms with Crippen LogP contribution in [0.25, 0.3) is 11.2 Å².